The number of aliphatic hydroxyl groups is 1. The van der Waals surface area contributed by atoms with E-state index in [4.69, 9.17) is 5.11 Å². The molecule has 0 aliphatic carbocycles. The Labute approximate surface area is 88.0 Å². The van der Waals surface area contributed by atoms with Crippen LogP contribution in [-0.4, -0.2) is 32.9 Å². The average molecular weight is 233 g/mol. The largest absolute Gasteiger partial charge is 0.395 e. The Morgan fingerprint density at radius 2 is 1.87 bits per heavy atom. The molecule has 0 aromatic heterocycles. The van der Waals surface area contributed by atoms with Crippen molar-refractivity contribution in [3.8, 4) is 0 Å². The van der Waals surface area contributed by atoms with E-state index < -0.39 is 22.4 Å². The van der Waals surface area contributed by atoms with E-state index in [2.05, 4.69) is 0 Å². The van der Waals surface area contributed by atoms with Crippen LogP contribution in [0.2, 0.25) is 0 Å². The zero-order valence-corrected chi connectivity index (χ0v) is 9.04. The highest BCUT2D eigenvalue weighted by molar-refractivity contribution is 7.92. The molecule has 0 aliphatic rings. The van der Waals surface area contributed by atoms with Gasteiger partial charge in [-0.25, -0.2) is 12.8 Å². The minimum atomic E-state index is -3.52. The first-order chi connectivity index (χ1) is 6.97. The van der Waals surface area contributed by atoms with Crippen molar-refractivity contribution in [3.63, 3.8) is 0 Å². The minimum Gasteiger partial charge on any atom is -0.395 e. The highest BCUT2D eigenvalue weighted by atomic mass is 32.2. The van der Waals surface area contributed by atoms with Crippen molar-refractivity contribution in [1.82, 2.24) is 0 Å². The van der Waals surface area contributed by atoms with Gasteiger partial charge in [0.1, 0.15) is 5.82 Å². The molecule has 0 aliphatic heterocycles. The second kappa shape index (κ2) is 4.59. The van der Waals surface area contributed by atoms with Crippen molar-refractivity contribution in [3.05, 3.63) is 30.1 Å². The van der Waals surface area contributed by atoms with Crippen LogP contribution < -0.4 is 4.31 Å². The smallest absolute Gasteiger partial charge is 0.237 e. The van der Waals surface area contributed by atoms with Gasteiger partial charge in [0.05, 0.1) is 18.0 Å². The van der Waals surface area contributed by atoms with E-state index >= 15 is 0 Å². The van der Waals surface area contributed by atoms with Crippen molar-refractivity contribution >= 4 is 15.7 Å². The van der Waals surface area contributed by atoms with Crippen molar-refractivity contribution in [2.75, 3.05) is 23.7 Å². The predicted octanol–water partition coefficient (Wildman–Crippen LogP) is 0.584. The van der Waals surface area contributed by atoms with Crippen LogP contribution in [0.3, 0.4) is 0 Å². The number of hydrogen-bond donors (Lipinski definition) is 1. The van der Waals surface area contributed by atoms with Crippen molar-refractivity contribution in [2.24, 2.45) is 0 Å². The number of anilines is 1. The second-order valence-electron chi connectivity index (χ2n) is 2.98. The summed E-state index contributed by atoms with van der Waals surface area (Å²) in [5.41, 5.74) is 0.366. The molecule has 6 heteroatoms. The van der Waals surface area contributed by atoms with Gasteiger partial charge in [-0.1, -0.05) is 0 Å². The maximum absolute atomic E-state index is 12.6. The van der Waals surface area contributed by atoms with E-state index in [9.17, 15) is 12.8 Å². The molecule has 0 unspecified atom stereocenters. The van der Waals surface area contributed by atoms with E-state index in [0.717, 1.165) is 4.31 Å². The van der Waals surface area contributed by atoms with Crippen molar-refractivity contribution < 1.29 is 17.9 Å². The molecule has 0 heterocycles. The first-order valence-electron chi connectivity index (χ1n) is 4.30. The van der Waals surface area contributed by atoms with E-state index in [1.165, 1.54) is 31.3 Å². The van der Waals surface area contributed by atoms with E-state index in [1.807, 2.05) is 0 Å². The van der Waals surface area contributed by atoms with Gasteiger partial charge in [-0.2, -0.15) is 0 Å². The summed E-state index contributed by atoms with van der Waals surface area (Å²) in [5.74, 6) is -0.771. The predicted molar refractivity (Wildman–Crippen MR) is 55.7 cm³/mol. The Hall–Kier alpha value is -1.14. The number of halogens is 1. The molecule has 4 nitrogen and oxygen atoms in total. The second-order valence-corrected chi connectivity index (χ2v) is 5.10. The number of sulfonamides is 1. The molecule has 0 saturated heterocycles. The van der Waals surface area contributed by atoms with Gasteiger partial charge in [-0.15, -0.1) is 0 Å². The molecule has 0 fully saturated rings. The summed E-state index contributed by atoms with van der Waals surface area (Å²) < 4.78 is 36.6. The molecule has 0 spiro atoms. The van der Waals surface area contributed by atoms with Crippen LogP contribution in [-0.2, 0) is 10.0 Å². The van der Waals surface area contributed by atoms with Gasteiger partial charge in [0.15, 0.2) is 0 Å². The van der Waals surface area contributed by atoms with Crippen molar-refractivity contribution in [1.29, 1.82) is 0 Å². The van der Waals surface area contributed by atoms with E-state index in [0.29, 0.717) is 5.69 Å². The summed E-state index contributed by atoms with van der Waals surface area (Å²) in [6.07, 6.45) is 0. The Kier molecular flexibility index (Phi) is 3.65. The Bertz CT molecular complexity index is 415. The molecular formula is C9H12FNO3S. The van der Waals surface area contributed by atoms with Crippen LogP contribution in [0.25, 0.3) is 0 Å². The molecule has 0 saturated carbocycles. The highest BCUT2D eigenvalue weighted by Gasteiger charge is 2.17. The normalized spacial score (nSPS) is 11.4. The van der Waals surface area contributed by atoms with Crippen LogP contribution in [0.1, 0.15) is 0 Å². The first-order valence-corrected chi connectivity index (χ1v) is 5.91. The Balaban J connectivity index is 2.94. The lowest BCUT2D eigenvalue weighted by atomic mass is 10.3. The average Bonchev–Trinajstić information content (AvgIpc) is 2.18. The lowest BCUT2D eigenvalue weighted by molar-refractivity contribution is 0.319. The SMILES string of the molecule is CN(c1ccc(F)cc1)S(=O)(=O)CCO. The first kappa shape index (κ1) is 11.9. The molecule has 1 aromatic rings. The fourth-order valence-corrected chi connectivity index (χ4v) is 2.01. The summed E-state index contributed by atoms with van der Waals surface area (Å²) in [4.78, 5) is 0. The minimum absolute atomic E-state index is 0.346. The van der Waals surface area contributed by atoms with Gasteiger partial charge in [0, 0.05) is 7.05 Å². The quantitative estimate of drug-likeness (QED) is 0.827. The lowest BCUT2D eigenvalue weighted by Crippen LogP contribution is -2.30. The number of rotatable bonds is 4. The number of nitrogens with zero attached hydrogens (tertiary/aromatic N) is 1. The molecule has 0 amide bonds. The Morgan fingerprint density at radius 1 is 1.33 bits per heavy atom. The van der Waals surface area contributed by atoms with Crippen LogP contribution in [0.15, 0.2) is 24.3 Å². The molecular weight excluding hydrogens is 221 g/mol. The number of benzene rings is 1. The summed E-state index contributed by atoms with van der Waals surface area (Å²) in [6.45, 7) is -0.437. The molecule has 15 heavy (non-hydrogen) atoms. The standard InChI is InChI=1S/C9H12FNO3S/c1-11(15(13,14)7-6-12)9-4-2-8(10)3-5-9/h2-5,12H,6-7H2,1H3. The van der Waals surface area contributed by atoms with Crippen LogP contribution >= 0.6 is 0 Å². The van der Waals surface area contributed by atoms with Gasteiger partial charge in [0.2, 0.25) is 10.0 Å². The van der Waals surface area contributed by atoms with Crippen molar-refractivity contribution in [2.45, 2.75) is 0 Å². The zero-order valence-electron chi connectivity index (χ0n) is 8.22. The molecule has 1 N–H and O–H groups in total. The van der Waals surface area contributed by atoms with Crippen LogP contribution in [0, 0.1) is 5.82 Å². The highest BCUT2D eigenvalue weighted by Crippen LogP contribution is 2.16. The molecule has 1 aromatic carbocycles. The fourth-order valence-electron chi connectivity index (χ4n) is 1.06. The summed E-state index contributed by atoms with van der Waals surface area (Å²) in [7, 11) is -2.16. The summed E-state index contributed by atoms with van der Waals surface area (Å²) in [6, 6.07) is 5.09. The third-order valence-electron chi connectivity index (χ3n) is 1.96. The van der Waals surface area contributed by atoms with Gasteiger partial charge in [0.25, 0.3) is 0 Å². The third kappa shape index (κ3) is 2.90. The zero-order chi connectivity index (χ0) is 11.5. The number of aliphatic hydroxyl groups excluding tert-OH is 1. The van der Waals surface area contributed by atoms with Gasteiger partial charge >= 0.3 is 0 Å². The van der Waals surface area contributed by atoms with Gasteiger partial charge in [-0.05, 0) is 24.3 Å². The van der Waals surface area contributed by atoms with Crippen LogP contribution in [0.5, 0.6) is 0 Å². The summed E-state index contributed by atoms with van der Waals surface area (Å²) >= 11 is 0. The van der Waals surface area contributed by atoms with Gasteiger partial charge < -0.3 is 5.11 Å². The summed E-state index contributed by atoms with van der Waals surface area (Å²) in [5, 5.41) is 8.58. The monoisotopic (exact) mass is 233 g/mol. The topological polar surface area (TPSA) is 57.6 Å². The fraction of sp³-hybridized carbons (Fsp3) is 0.333. The Morgan fingerprint density at radius 3 is 2.33 bits per heavy atom. The molecule has 0 radical (unpaired) electrons. The molecule has 84 valence electrons. The lowest BCUT2D eigenvalue weighted by Gasteiger charge is -2.18. The van der Waals surface area contributed by atoms with Crippen LogP contribution in [0.4, 0.5) is 10.1 Å². The maximum atomic E-state index is 12.6. The number of hydrogen-bond acceptors (Lipinski definition) is 3. The van der Waals surface area contributed by atoms with Gasteiger partial charge in [-0.3, -0.25) is 4.31 Å². The molecule has 0 bridgehead atoms. The maximum Gasteiger partial charge on any atom is 0.237 e. The molecule has 0 atom stereocenters. The third-order valence-corrected chi connectivity index (χ3v) is 3.70. The molecule has 1 rings (SSSR count). The van der Waals surface area contributed by atoms with E-state index in [-0.39, 0.29) is 5.75 Å². The van der Waals surface area contributed by atoms with E-state index in [1.54, 1.807) is 0 Å².